The third-order valence-electron chi connectivity index (χ3n) is 4.68. The Morgan fingerprint density at radius 2 is 1.83 bits per heavy atom. The summed E-state index contributed by atoms with van der Waals surface area (Å²) in [6, 6.07) is 13.4. The van der Waals surface area contributed by atoms with E-state index in [4.69, 9.17) is 4.74 Å². The molecule has 0 aliphatic heterocycles. The van der Waals surface area contributed by atoms with E-state index in [0.29, 0.717) is 28.7 Å². The SMILES string of the molecule is C=CCCc1ccc2c(F)c(-c3ccc(OCC=CC)cc3)c(OC(F)F)cc2c1. The molecule has 30 heavy (non-hydrogen) atoms. The molecule has 0 saturated carbocycles. The molecule has 0 amide bonds. The fourth-order valence-electron chi connectivity index (χ4n) is 3.23. The number of halogens is 3. The van der Waals surface area contributed by atoms with E-state index in [0.717, 1.165) is 18.4 Å². The molecule has 3 aromatic rings. The van der Waals surface area contributed by atoms with Crippen LogP contribution in [0.2, 0.25) is 0 Å². The third kappa shape index (κ3) is 5.03. The first-order chi connectivity index (χ1) is 14.5. The van der Waals surface area contributed by atoms with Crippen molar-refractivity contribution in [3.63, 3.8) is 0 Å². The molecule has 0 heterocycles. The lowest BCUT2D eigenvalue weighted by molar-refractivity contribution is -0.0494. The maximum atomic E-state index is 15.4. The van der Waals surface area contributed by atoms with E-state index in [1.54, 1.807) is 42.5 Å². The van der Waals surface area contributed by atoms with Crippen LogP contribution in [-0.4, -0.2) is 13.2 Å². The van der Waals surface area contributed by atoms with E-state index in [1.165, 1.54) is 6.07 Å². The fraction of sp³-hybridized carbons (Fsp3) is 0.200. The first-order valence-electron chi connectivity index (χ1n) is 9.68. The van der Waals surface area contributed by atoms with Crippen molar-refractivity contribution < 1.29 is 22.6 Å². The molecule has 0 spiro atoms. The molecular formula is C25H23F3O2. The largest absolute Gasteiger partial charge is 0.490 e. The zero-order valence-corrected chi connectivity index (χ0v) is 16.7. The summed E-state index contributed by atoms with van der Waals surface area (Å²) < 4.78 is 51.7. The Balaban J connectivity index is 2.05. The molecular weight excluding hydrogens is 389 g/mol. The highest BCUT2D eigenvalue weighted by molar-refractivity contribution is 5.92. The summed E-state index contributed by atoms with van der Waals surface area (Å²) in [6.45, 7) is 2.94. The number of benzene rings is 3. The van der Waals surface area contributed by atoms with Crippen LogP contribution in [0.4, 0.5) is 13.2 Å². The van der Waals surface area contributed by atoms with E-state index in [9.17, 15) is 8.78 Å². The molecule has 5 heteroatoms. The van der Waals surface area contributed by atoms with Crippen molar-refractivity contribution >= 4 is 10.8 Å². The standard InChI is InChI=1S/C25H23F3O2/c1-3-5-7-17-8-13-21-19(15-17)16-22(30-25(27)28)23(24(21)26)18-9-11-20(12-10-18)29-14-6-4-2/h3-4,6,8-13,15-16,25H,1,5,7,14H2,2H3. The van der Waals surface area contributed by atoms with Crippen molar-refractivity contribution in [1.29, 1.82) is 0 Å². The third-order valence-corrected chi connectivity index (χ3v) is 4.68. The Labute approximate surface area is 174 Å². The van der Waals surface area contributed by atoms with Crippen LogP contribution in [0.1, 0.15) is 18.9 Å². The first kappa shape index (κ1) is 21.5. The van der Waals surface area contributed by atoms with Crippen LogP contribution in [0.25, 0.3) is 21.9 Å². The van der Waals surface area contributed by atoms with Gasteiger partial charge in [0, 0.05) is 5.39 Å². The second kappa shape index (κ2) is 10.0. The smallest absolute Gasteiger partial charge is 0.387 e. The lowest BCUT2D eigenvalue weighted by Gasteiger charge is -2.15. The molecule has 0 N–H and O–H groups in total. The van der Waals surface area contributed by atoms with Crippen LogP contribution in [0.15, 0.2) is 73.3 Å². The molecule has 0 aliphatic rings. The van der Waals surface area contributed by atoms with Gasteiger partial charge in [0.25, 0.3) is 0 Å². The molecule has 0 saturated heterocycles. The number of hydrogen-bond acceptors (Lipinski definition) is 2. The molecule has 0 aliphatic carbocycles. The van der Waals surface area contributed by atoms with Crippen LogP contribution in [0, 0.1) is 5.82 Å². The highest BCUT2D eigenvalue weighted by Gasteiger charge is 2.19. The molecule has 156 valence electrons. The topological polar surface area (TPSA) is 18.5 Å². The van der Waals surface area contributed by atoms with Gasteiger partial charge in [-0.3, -0.25) is 0 Å². The van der Waals surface area contributed by atoms with E-state index in [1.807, 2.05) is 25.1 Å². The van der Waals surface area contributed by atoms with E-state index >= 15 is 4.39 Å². The normalized spacial score (nSPS) is 11.4. The summed E-state index contributed by atoms with van der Waals surface area (Å²) in [4.78, 5) is 0. The lowest BCUT2D eigenvalue weighted by atomic mass is 9.97. The maximum absolute atomic E-state index is 15.4. The number of rotatable bonds is 9. The molecule has 0 bridgehead atoms. The molecule has 0 radical (unpaired) electrons. The van der Waals surface area contributed by atoms with Gasteiger partial charge < -0.3 is 9.47 Å². The summed E-state index contributed by atoms with van der Waals surface area (Å²) in [5.74, 6) is -0.194. The zero-order valence-electron chi connectivity index (χ0n) is 16.7. The predicted molar refractivity (Wildman–Crippen MR) is 115 cm³/mol. The monoisotopic (exact) mass is 412 g/mol. The van der Waals surface area contributed by atoms with Crippen LogP contribution in [0.3, 0.4) is 0 Å². The second-order valence-electron chi connectivity index (χ2n) is 6.73. The van der Waals surface area contributed by atoms with Crippen molar-refractivity contribution in [2.45, 2.75) is 26.4 Å². The Morgan fingerprint density at radius 3 is 2.50 bits per heavy atom. The highest BCUT2D eigenvalue weighted by atomic mass is 19.3. The number of allylic oxidation sites excluding steroid dienone is 2. The first-order valence-corrected chi connectivity index (χ1v) is 9.68. The van der Waals surface area contributed by atoms with Gasteiger partial charge in [0.1, 0.15) is 23.9 Å². The number of ether oxygens (including phenoxy) is 2. The average molecular weight is 412 g/mol. The number of aryl methyl sites for hydroxylation is 1. The van der Waals surface area contributed by atoms with Crippen molar-refractivity contribution in [2.24, 2.45) is 0 Å². The molecule has 0 unspecified atom stereocenters. The molecule has 0 fully saturated rings. The Hall–Kier alpha value is -3.21. The van der Waals surface area contributed by atoms with Crippen LogP contribution >= 0.6 is 0 Å². The van der Waals surface area contributed by atoms with Gasteiger partial charge in [-0.25, -0.2) is 4.39 Å². The van der Waals surface area contributed by atoms with Crippen molar-refractivity contribution in [2.75, 3.05) is 6.61 Å². The van der Waals surface area contributed by atoms with Gasteiger partial charge >= 0.3 is 6.61 Å². The summed E-state index contributed by atoms with van der Waals surface area (Å²) in [5.41, 5.74) is 1.40. The van der Waals surface area contributed by atoms with Crippen LogP contribution in [0.5, 0.6) is 11.5 Å². The highest BCUT2D eigenvalue weighted by Crippen LogP contribution is 2.39. The summed E-state index contributed by atoms with van der Waals surface area (Å²) >= 11 is 0. The van der Waals surface area contributed by atoms with Gasteiger partial charge in [0.2, 0.25) is 0 Å². The molecule has 3 aromatic carbocycles. The number of hydrogen-bond donors (Lipinski definition) is 0. The zero-order chi connectivity index (χ0) is 21.5. The molecule has 2 nitrogen and oxygen atoms in total. The Kier molecular flexibility index (Phi) is 7.17. The van der Waals surface area contributed by atoms with Crippen molar-refractivity contribution in [1.82, 2.24) is 0 Å². The summed E-state index contributed by atoms with van der Waals surface area (Å²) in [7, 11) is 0. The van der Waals surface area contributed by atoms with E-state index in [2.05, 4.69) is 11.3 Å². The van der Waals surface area contributed by atoms with Gasteiger partial charge in [-0.15, -0.1) is 6.58 Å². The molecule has 0 atom stereocenters. The summed E-state index contributed by atoms with van der Waals surface area (Å²) in [6.07, 6.45) is 7.03. The number of alkyl halides is 2. The van der Waals surface area contributed by atoms with Gasteiger partial charge in [0.15, 0.2) is 0 Å². The quantitative estimate of drug-likeness (QED) is 0.343. The van der Waals surface area contributed by atoms with Gasteiger partial charge in [0.05, 0.1) is 5.56 Å². The van der Waals surface area contributed by atoms with E-state index < -0.39 is 12.4 Å². The maximum Gasteiger partial charge on any atom is 0.387 e. The van der Waals surface area contributed by atoms with Crippen molar-refractivity contribution in [3.05, 3.63) is 84.7 Å². The number of fused-ring (bicyclic) bond motifs is 1. The van der Waals surface area contributed by atoms with Crippen LogP contribution < -0.4 is 9.47 Å². The van der Waals surface area contributed by atoms with Crippen LogP contribution in [-0.2, 0) is 6.42 Å². The lowest BCUT2D eigenvalue weighted by Crippen LogP contribution is -2.05. The fourth-order valence-corrected chi connectivity index (χ4v) is 3.23. The Morgan fingerprint density at radius 1 is 1.07 bits per heavy atom. The van der Waals surface area contributed by atoms with Gasteiger partial charge in [-0.05, 0) is 54.5 Å². The van der Waals surface area contributed by atoms with E-state index in [-0.39, 0.29) is 11.3 Å². The second-order valence-corrected chi connectivity index (χ2v) is 6.73. The average Bonchev–Trinajstić information content (AvgIpc) is 2.73. The van der Waals surface area contributed by atoms with Gasteiger partial charge in [-0.1, -0.05) is 48.6 Å². The Bertz CT molecular complexity index is 1040. The van der Waals surface area contributed by atoms with Gasteiger partial charge in [-0.2, -0.15) is 8.78 Å². The predicted octanol–water partition coefficient (Wildman–Crippen LogP) is 7.32. The minimum Gasteiger partial charge on any atom is -0.490 e. The summed E-state index contributed by atoms with van der Waals surface area (Å²) in [5, 5.41) is 0.863. The van der Waals surface area contributed by atoms with Crippen molar-refractivity contribution in [3.8, 4) is 22.6 Å². The molecule has 0 aromatic heterocycles. The molecule has 3 rings (SSSR count). The minimum absolute atomic E-state index is 0.00152. The minimum atomic E-state index is -3.06.